The minimum Gasteiger partial charge on any atom is -0.325 e. The third-order valence-electron chi connectivity index (χ3n) is 3.16. The normalized spacial score (nSPS) is 18.0. The number of hydrogen-bond acceptors (Lipinski definition) is 2. The van der Waals surface area contributed by atoms with E-state index in [4.69, 9.17) is 0 Å². The van der Waals surface area contributed by atoms with E-state index >= 15 is 0 Å². The standard InChI is InChI=1S/C13H17BrN2O/c1-10(16-7-2-3-8-16)13(17)15-12-6-4-5-11(14)9-12/h4-6,9-10H,2-3,7-8H2,1H3,(H,15,17)/t10-/m0/s1. The Labute approximate surface area is 110 Å². The summed E-state index contributed by atoms with van der Waals surface area (Å²) in [5.74, 6) is 0.0741. The molecule has 17 heavy (non-hydrogen) atoms. The lowest BCUT2D eigenvalue weighted by molar-refractivity contribution is -0.120. The molecule has 0 radical (unpaired) electrons. The lowest BCUT2D eigenvalue weighted by atomic mass is 10.2. The smallest absolute Gasteiger partial charge is 0.241 e. The first-order valence-corrected chi connectivity index (χ1v) is 6.76. The molecule has 1 amide bonds. The lowest BCUT2D eigenvalue weighted by Gasteiger charge is -2.22. The monoisotopic (exact) mass is 296 g/mol. The second-order valence-electron chi connectivity index (χ2n) is 4.42. The van der Waals surface area contributed by atoms with Crippen LogP contribution in [0.1, 0.15) is 19.8 Å². The van der Waals surface area contributed by atoms with Crippen LogP contribution in [0.15, 0.2) is 28.7 Å². The first-order chi connectivity index (χ1) is 8.16. The molecule has 0 unspecified atom stereocenters. The Morgan fingerprint density at radius 3 is 2.76 bits per heavy atom. The van der Waals surface area contributed by atoms with Gasteiger partial charge in [0.1, 0.15) is 0 Å². The van der Waals surface area contributed by atoms with Gasteiger partial charge in [0.2, 0.25) is 5.91 Å². The van der Waals surface area contributed by atoms with Gasteiger partial charge in [0, 0.05) is 10.2 Å². The summed E-state index contributed by atoms with van der Waals surface area (Å²) < 4.78 is 0.976. The molecule has 1 heterocycles. The molecule has 1 aromatic rings. The first-order valence-electron chi connectivity index (χ1n) is 5.97. The van der Waals surface area contributed by atoms with Crippen molar-refractivity contribution in [3.63, 3.8) is 0 Å². The van der Waals surface area contributed by atoms with E-state index in [1.54, 1.807) is 0 Å². The summed E-state index contributed by atoms with van der Waals surface area (Å²) in [5.41, 5.74) is 0.843. The Kier molecular flexibility index (Phi) is 4.18. The van der Waals surface area contributed by atoms with Gasteiger partial charge in [-0.15, -0.1) is 0 Å². The zero-order chi connectivity index (χ0) is 12.3. The molecule has 2 rings (SSSR count). The van der Waals surface area contributed by atoms with E-state index in [9.17, 15) is 4.79 Å². The van der Waals surface area contributed by atoms with Crippen LogP contribution in [0.5, 0.6) is 0 Å². The fraction of sp³-hybridized carbons (Fsp3) is 0.462. The molecule has 1 aliphatic heterocycles. The largest absolute Gasteiger partial charge is 0.325 e. The van der Waals surface area contributed by atoms with E-state index in [2.05, 4.69) is 26.1 Å². The molecule has 1 atom stereocenters. The summed E-state index contributed by atoms with van der Waals surface area (Å²) in [5, 5.41) is 2.95. The van der Waals surface area contributed by atoms with Gasteiger partial charge in [-0.25, -0.2) is 0 Å². The molecular weight excluding hydrogens is 280 g/mol. The fourth-order valence-corrected chi connectivity index (χ4v) is 2.51. The van der Waals surface area contributed by atoms with E-state index in [0.717, 1.165) is 23.2 Å². The predicted octanol–water partition coefficient (Wildman–Crippen LogP) is 2.87. The number of benzene rings is 1. The van der Waals surface area contributed by atoms with Crippen molar-refractivity contribution in [3.05, 3.63) is 28.7 Å². The summed E-state index contributed by atoms with van der Waals surface area (Å²) in [6.45, 7) is 4.04. The van der Waals surface area contributed by atoms with E-state index < -0.39 is 0 Å². The highest BCUT2D eigenvalue weighted by molar-refractivity contribution is 9.10. The summed E-state index contributed by atoms with van der Waals surface area (Å²) in [6.07, 6.45) is 2.41. The summed E-state index contributed by atoms with van der Waals surface area (Å²) in [7, 11) is 0. The van der Waals surface area contributed by atoms with Gasteiger partial charge in [-0.05, 0) is 51.1 Å². The highest BCUT2D eigenvalue weighted by atomic mass is 79.9. The number of nitrogens with one attached hydrogen (secondary N) is 1. The second kappa shape index (κ2) is 5.65. The topological polar surface area (TPSA) is 32.3 Å². The predicted molar refractivity (Wildman–Crippen MR) is 73.0 cm³/mol. The third kappa shape index (κ3) is 3.30. The van der Waals surface area contributed by atoms with Gasteiger partial charge >= 0.3 is 0 Å². The Balaban J connectivity index is 1.96. The van der Waals surface area contributed by atoms with Crippen molar-refractivity contribution in [1.29, 1.82) is 0 Å². The number of rotatable bonds is 3. The summed E-state index contributed by atoms with van der Waals surface area (Å²) in [4.78, 5) is 14.3. The van der Waals surface area contributed by atoms with E-state index in [1.165, 1.54) is 12.8 Å². The number of carbonyl (C=O) groups excluding carboxylic acids is 1. The molecule has 0 bridgehead atoms. The number of hydrogen-bond donors (Lipinski definition) is 1. The van der Waals surface area contributed by atoms with Crippen molar-refractivity contribution >= 4 is 27.5 Å². The number of amides is 1. The molecule has 0 aliphatic carbocycles. The zero-order valence-electron chi connectivity index (χ0n) is 9.95. The molecule has 0 aromatic heterocycles. The molecule has 0 saturated carbocycles. The van der Waals surface area contributed by atoms with Gasteiger partial charge in [0.05, 0.1) is 6.04 Å². The number of anilines is 1. The molecule has 3 nitrogen and oxygen atoms in total. The van der Waals surface area contributed by atoms with Crippen LogP contribution in [0.2, 0.25) is 0 Å². The molecule has 92 valence electrons. The van der Waals surface area contributed by atoms with Gasteiger partial charge in [0.15, 0.2) is 0 Å². The number of halogens is 1. The molecule has 1 N–H and O–H groups in total. The van der Waals surface area contributed by atoms with Crippen LogP contribution < -0.4 is 5.32 Å². The van der Waals surface area contributed by atoms with E-state index in [0.29, 0.717) is 0 Å². The SMILES string of the molecule is C[C@@H](C(=O)Nc1cccc(Br)c1)N1CCCC1. The molecule has 1 aromatic carbocycles. The quantitative estimate of drug-likeness (QED) is 0.930. The average Bonchev–Trinajstić information content (AvgIpc) is 2.81. The summed E-state index contributed by atoms with van der Waals surface area (Å²) in [6, 6.07) is 7.63. The van der Waals surface area contributed by atoms with Gasteiger partial charge < -0.3 is 5.32 Å². The number of likely N-dealkylation sites (tertiary alicyclic amines) is 1. The van der Waals surface area contributed by atoms with Crippen molar-refractivity contribution in [2.75, 3.05) is 18.4 Å². The van der Waals surface area contributed by atoms with Crippen molar-refractivity contribution in [1.82, 2.24) is 4.90 Å². The molecule has 1 fully saturated rings. The first kappa shape index (κ1) is 12.6. The van der Waals surface area contributed by atoms with Crippen molar-refractivity contribution in [3.8, 4) is 0 Å². The minimum absolute atomic E-state index is 0.0449. The highest BCUT2D eigenvalue weighted by Gasteiger charge is 2.23. The van der Waals surface area contributed by atoms with Crippen LogP contribution >= 0.6 is 15.9 Å². The fourth-order valence-electron chi connectivity index (χ4n) is 2.11. The van der Waals surface area contributed by atoms with Gasteiger partial charge in [-0.3, -0.25) is 9.69 Å². The van der Waals surface area contributed by atoms with Gasteiger partial charge in [-0.2, -0.15) is 0 Å². The van der Waals surface area contributed by atoms with Crippen molar-refractivity contribution < 1.29 is 4.79 Å². The summed E-state index contributed by atoms with van der Waals surface area (Å²) >= 11 is 3.39. The maximum absolute atomic E-state index is 12.0. The van der Waals surface area contributed by atoms with Crippen LogP contribution in [0.4, 0.5) is 5.69 Å². The van der Waals surface area contributed by atoms with E-state index in [1.807, 2.05) is 31.2 Å². The van der Waals surface area contributed by atoms with Crippen LogP contribution in [0.25, 0.3) is 0 Å². The van der Waals surface area contributed by atoms with Crippen LogP contribution in [-0.2, 0) is 4.79 Å². The Bertz CT molecular complexity index is 402. The van der Waals surface area contributed by atoms with Gasteiger partial charge in [0.25, 0.3) is 0 Å². The number of nitrogens with zero attached hydrogens (tertiary/aromatic N) is 1. The zero-order valence-corrected chi connectivity index (χ0v) is 11.5. The Morgan fingerprint density at radius 1 is 1.41 bits per heavy atom. The van der Waals surface area contributed by atoms with Crippen LogP contribution in [0.3, 0.4) is 0 Å². The maximum Gasteiger partial charge on any atom is 0.241 e. The molecule has 1 aliphatic rings. The highest BCUT2D eigenvalue weighted by Crippen LogP contribution is 2.17. The maximum atomic E-state index is 12.0. The third-order valence-corrected chi connectivity index (χ3v) is 3.65. The number of carbonyl (C=O) groups is 1. The van der Waals surface area contributed by atoms with E-state index in [-0.39, 0.29) is 11.9 Å². The minimum atomic E-state index is -0.0449. The Hall–Kier alpha value is -0.870. The molecule has 0 spiro atoms. The van der Waals surface area contributed by atoms with Crippen molar-refractivity contribution in [2.45, 2.75) is 25.8 Å². The molecule has 1 saturated heterocycles. The van der Waals surface area contributed by atoms with Crippen LogP contribution in [-0.4, -0.2) is 29.9 Å². The van der Waals surface area contributed by atoms with Crippen LogP contribution in [0, 0.1) is 0 Å². The molecular formula is C13H17BrN2O. The average molecular weight is 297 g/mol. The Morgan fingerprint density at radius 2 is 2.12 bits per heavy atom. The molecule has 4 heteroatoms. The van der Waals surface area contributed by atoms with Gasteiger partial charge in [-0.1, -0.05) is 22.0 Å². The van der Waals surface area contributed by atoms with Crippen molar-refractivity contribution in [2.24, 2.45) is 0 Å². The lowest BCUT2D eigenvalue weighted by Crippen LogP contribution is -2.40. The second-order valence-corrected chi connectivity index (χ2v) is 5.33.